The molecule has 0 saturated heterocycles. The third kappa shape index (κ3) is 3.40. The Bertz CT molecular complexity index is 314. The fourth-order valence-corrected chi connectivity index (χ4v) is 1.55. The van der Waals surface area contributed by atoms with E-state index in [1.807, 2.05) is 18.2 Å². The van der Waals surface area contributed by atoms with Crippen molar-refractivity contribution in [1.29, 1.82) is 0 Å². The number of benzene rings is 1. The van der Waals surface area contributed by atoms with E-state index in [-0.39, 0.29) is 6.04 Å². The maximum Gasteiger partial charge on any atom is 0.124 e. The van der Waals surface area contributed by atoms with E-state index in [1.165, 1.54) is 0 Å². The molecule has 15 heavy (non-hydrogen) atoms. The predicted octanol–water partition coefficient (Wildman–Crippen LogP) is 3.54. The van der Waals surface area contributed by atoms with Crippen molar-refractivity contribution in [3.05, 3.63) is 28.8 Å². The first-order valence-electron chi connectivity index (χ1n) is 5.36. The molecule has 3 heteroatoms. The van der Waals surface area contributed by atoms with E-state index >= 15 is 0 Å². The van der Waals surface area contributed by atoms with Gasteiger partial charge in [0.25, 0.3) is 0 Å². The Morgan fingerprint density at radius 2 is 2.13 bits per heavy atom. The third-order valence-corrected chi connectivity index (χ3v) is 2.51. The van der Waals surface area contributed by atoms with E-state index in [4.69, 9.17) is 22.1 Å². The van der Waals surface area contributed by atoms with Crippen molar-refractivity contribution in [3.8, 4) is 5.75 Å². The Kier molecular flexibility index (Phi) is 4.92. The van der Waals surface area contributed by atoms with Crippen LogP contribution in [0.5, 0.6) is 5.75 Å². The topological polar surface area (TPSA) is 35.2 Å². The Balaban J connectivity index is 2.92. The number of hydrogen-bond acceptors (Lipinski definition) is 2. The van der Waals surface area contributed by atoms with Crippen LogP contribution in [-0.4, -0.2) is 6.61 Å². The summed E-state index contributed by atoms with van der Waals surface area (Å²) in [4.78, 5) is 0. The van der Waals surface area contributed by atoms with Crippen molar-refractivity contribution in [2.45, 2.75) is 32.7 Å². The van der Waals surface area contributed by atoms with Crippen LogP contribution in [-0.2, 0) is 0 Å². The van der Waals surface area contributed by atoms with Gasteiger partial charge in [-0.2, -0.15) is 0 Å². The molecule has 0 amide bonds. The van der Waals surface area contributed by atoms with Crippen LogP contribution in [0.25, 0.3) is 0 Å². The summed E-state index contributed by atoms with van der Waals surface area (Å²) in [5, 5.41) is 0.706. The van der Waals surface area contributed by atoms with Gasteiger partial charge in [0.05, 0.1) is 6.61 Å². The maximum absolute atomic E-state index is 6.00. The van der Waals surface area contributed by atoms with Crippen LogP contribution in [0.4, 0.5) is 0 Å². The average Bonchev–Trinajstić information content (AvgIpc) is 2.26. The molecule has 2 N–H and O–H groups in total. The molecule has 0 aliphatic carbocycles. The fraction of sp³-hybridized carbons (Fsp3) is 0.500. The lowest BCUT2D eigenvalue weighted by Gasteiger charge is -2.15. The van der Waals surface area contributed by atoms with Crippen LogP contribution >= 0.6 is 11.6 Å². The van der Waals surface area contributed by atoms with Crippen LogP contribution in [0.2, 0.25) is 5.02 Å². The summed E-state index contributed by atoms with van der Waals surface area (Å²) >= 11 is 5.94. The lowest BCUT2D eigenvalue weighted by Crippen LogP contribution is -2.11. The highest BCUT2D eigenvalue weighted by Crippen LogP contribution is 2.28. The van der Waals surface area contributed by atoms with Gasteiger partial charge in [-0.1, -0.05) is 25.4 Å². The smallest absolute Gasteiger partial charge is 0.124 e. The summed E-state index contributed by atoms with van der Waals surface area (Å²) in [5.74, 6) is 0.857. The molecule has 84 valence electrons. The molecule has 0 aliphatic rings. The molecule has 0 heterocycles. The second-order valence-electron chi connectivity index (χ2n) is 3.55. The average molecular weight is 228 g/mol. The lowest BCUT2D eigenvalue weighted by molar-refractivity contribution is 0.312. The minimum Gasteiger partial charge on any atom is -0.493 e. The maximum atomic E-state index is 6.00. The van der Waals surface area contributed by atoms with E-state index in [1.54, 1.807) is 0 Å². The van der Waals surface area contributed by atoms with Crippen LogP contribution in [0.1, 0.15) is 38.3 Å². The third-order valence-electron chi connectivity index (χ3n) is 2.27. The monoisotopic (exact) mass is 227 g/mol. The van der Waals surface area contributed by atoms with Gasteiger partial charge in [0.15, 0.2) is 0 Å². The largest absolute Gasteiger partial charge is 0.493 e. The number of hydrogen-bond donors (Lipinski definition) is 1. The first-order chi connectivity index (χ1) is 7.19. The highest BCUT2D eigenvalue weighted by Gasteiger charge is 2.10. The molecule has 0 aromatic heterocycles. The van der Waals surface area contributed by atoms with Crippen molar-refractivity contribution in [2.75, 3.05) is 6.61 Å². The normalized spacial score (nSPS) is 12.5. The van der Waals surface area contributed by atoms with E-state index in [0.29, 0.717) is 11.6 Å². The SMILES string of the molecule is CCCOc1ccc(Cl)cc1C(N)CC. The van der Waals surface area contributed by atoms with Crippen molar-refractivity contribution in [3.63, 3.8) is 0 Å². The molecule has 0 fully saturated rings. The van der Waals surface area contributed by atoms with Crippen LogP contribution in [0, 0.1) is 0 Å². The summed E-state index contributed by atoms with van der Waals surface area (Å²) in [7, 11) is 0. The van der Waals surface area contributed by atoms with Gasteiger partial charge in [-0.3, -0.25) is 0 Å². The molecule has 1 atom stereocenters. The molecular formula is C12H18ClNO. The lowest BCUT2D eigenvalue weighted by atomic mass is 10.0. The standard InChI is InChI=1S/C12H18ClNO/c1-3-7-15-12-6-5-9(13)8-10(12)11(14)4-2/h5-6,8,11H,3-4,7,14H2,1-2H3. The van der Waals surface area contributed by atoms with E-state index in [2.05, 4.69) is 13.8 Å². The number of rotatable bonds is 5. The van der Waals surface area contributed by atoms with Crippen LogP contribution in [0.15, 0.2) is 18.2 Å². The minimum atomic E-state index is -0.00411. The molecule has 0 bridgehead atoms. The minimum absolute atomic E-state index is 0.00411. The summed E-state index contributed by atoms with van der Waals surface area (Å²) in [6.07, 6.45) is 1.87. The van der Waals surface area contributed by atoms with Gasteiger partial charge >= 0.3 is 0 Å². The number of ether oxygens (including phenoxy) is 1. The summed E-state index contributed by atoms with van der Waals surface area (Å²) in [5.41, 5.74) is 7.00. The molecule has 0 radical (unpaired) electrons. The molecular weight excluding hydrogens is 210 g/mol. The zero-order chi connectivity index (χ0) is 11.3. The second-order valence-corrected chi connectivity index (χ2v) is 3.98. The number of nitrogens with two attached hydrogens (primary N) is 1. The summed E-state index contributed by atoms with van der Waals surface area (Å²) in [6, 6.07) is 5.61. The van der Waals surface area contributed by atoms with E-state index in [0.717, 1.165) is 24.2 Å². The van der Waals surface area contributed by atoms with Gasteiger partial charge in [0.2, 0.25) is 0 Å². The van der Waals surface area contributed by atoms with Crippen molar-refractivity contribution < 1.29 is 4.74 Å². The summed E-state index contributed by atoms with van der Waals surface area (Å²) in [6.45, 7) is 4.84. The Labute approximate surface area is 96.4 Å². The molecule has 1 unspecified atom stereocenters. The van der Waals surface area contributed by atoms with Gasteiger partial charge in [0.1, 0.15) is 5.75 Å². The number of halogens is 1. The molecule has 2 nitrogen and oxygen atoms in total. The Morgan fingerprint density at radius 3 is 2.73 bits per heavy atom. The van der Waals surface area contributed by atoms with Gasteiger partial charge in [-0.05, 0) is 31.0 Å². The Morgan fingerprint density at radius 1 is 1.40 bits per heavy atom. The second kappa shape index (κ2) is 5.99. The Hall–Kier alpha value is -0.730. The van der Waals surface area contributed by atoms with E-state index in [9.17, 15) is 0 Å². The predicted molar refractivity (Wildman–Crippen MR) is 64.5 cm³/mol. The summed E-state index contributed by atoms with van der Waals surface area (Å²) < 4.78 is 5.63. The quantitative estimate of drug-likeness (QED) is 0.835. The zero-order valence-electron chi connectivity index (χ0n) is 9.29. The molecule has 0 spiro atoms. The zero-order valence-corrected chi connectivity index (χ0v) is 10.1. The molecule has 0 saturated carbocycles. The van der Waals surface area contributed by atoms with Gasteiger partial charge in [-0.25, -0.2) is 0 Å². The van der Waals surface area contributed by atoms with Crippen LogP contribution in [0.3, 0.4) is 0 Å². The van der Waals surface area contributed by atoms with Crippen molar-refractivity contribution in [1.82, 2.24) is 0 Å². The highest BCUT2D eigenvalue weighted by molar-refractivity contribution is 6.30. The van der Waals surface area contributed by atoms with Gasteiger partial charge in [-0.15, -0.1) is 0 Å². The van der Waals surface area contributed by atoms with Gasteiger partial charge in [0, 0.05) is 16.6 Å². The highest BCUT2D eigenvalue weighted by atomic mass is 35.5. The first-order valence-corrected chi connectivity index (χ1v) is 5.74. The first kappa shape index (κ1) is 12.3. The molecule has 0 aliphatic heterocycles. The van der Waals surface area contributed by atoms with Crippen LogP contribution < -0.4 is 10.5 Å². The van der Waals surface area contributed by atoms with E-state index < -0.39 is 0 Å². The van der Waals surface area contributed by atoms with Gasteiger partial charge < -0.3 is 10.5 Å². The van der Waals surface area contributed by atoms with Crippen molar-refractivity contribution in [2.24, 2.45) is 5.73 Å². The molecule has 1 aromatic rings. The van der Waals surface area contributed by atoms with Crippen molar-refractivity contribution >= 4 is 11.6 Å². The molecule has 1 aromatic carbocycles. The fourth-order valence-electron chi connectivity index (χ4n) is 1.37. The molecule has 1 rings (SSSR count).